The fourth-order valence-electron chi connectivity index (χ4n) is 4.09. The summed E-state index contributed by atoms with van der Waals surface area (Å²) in [7, 11) is 3.49. The number of rotatable bonds is 13. The minimum absolute atomic E-state index is 0.00145. The summed E-state index contributed by atoms with van der Waals surface area (Å²) in [5, 5.41) is 5.60. The first-order chi connectivity index (χ1) is 20.8. The molecule has 0 aliphatic heterocycles. The fraction of sp³-hybridized carbons (Fsp3) is 0.452. The zero-order chi connectivity index (χ0) is 32.6. The van der Waals surface area contributed by atoms with E-state index in [1.54, 1.807) is 37.4 Å². The minimum atomic E-state index is -0.570. The summed E-state index contributed by atoms with van der Waals surface area (Å²) < 4.78 is 29.1. The Morgan fingerprint density at radius 2 is 1.89 bits per heavy atom. The van der Waals surface area contributed by atoms with Crippen molar-refractivity contribution in [1.29, 1.82) is 0 Å². The van der Waals surface area contributed by atoms with Crippen LogP contribution in [0, 0.1) is 0 Å². The highest BCUT2D eigenvalue weighted by Crippen LogP contribution is 2.38. The predicted molar refractivity (Wildman–Crippen MR) is 173 cm³/mol. The normalized spacial score (nSPS) is 12.5. The van der Waals surface area contributed by atoms with Crippen LogP contribution in [0.1, 0.15) is 53.7 Å². The first kappa shape index (κ1) is 34.4. The molecule has 3 rings (SSSR count). The molecule has 0 saturated carbocycles. The van der Waals surface area contributed by atoms with Crippen LogP contribution >= 0.6 is 11.3 Å². The first-order valence-corrected chi connectivity index (χ1v) is 15.1. The molecule has 238 valence electrons. The molecule has 3 aromatic heterocycles. The number of pyridine rings is 1. The lowest BCUT2D eigenvalue weighted by atomic mass is 10.1. The van der Waals surface area contributed by atoms with Crippen LogP contribution in [-0.2, 0) is 18.3 Å². The van der Waals surface area contributed by atoms with Gasteiger partial charge in [0.15, 0.2) is 0 Å². The number of imidazole rings is 1. The maximum atomic E-state index is 15.3. The summed E-state index contributed by atoms with van der Waals surface area (Å²) in [5.74, 6) is 0.612. The molecule has 0 fully saturated rings. The number of allylic oxidation sites excluding steroid dienone is 3. The van der Waals surface area contributed by atoms with E-state index in [9.17, 15) is 9.59 Å². The van der Waals surface area contributed by atoms with Gasteiger partial charge in [0.1, 0.15) is 23.2 Å². The lowest BCUT2D eigenvalue weighted by Gasteiger charge is -2.24. The average molecular weight is 628 g/mol. The highest BCUT2D eigenvalue weighted by Gasteiger charge is 2.20. The number of aliphatic imine (C=N–C) groups is 1. The fourth-order valence-corrected chi connectivity index (χ4v) is 5.19. The average Bonchev–Trinajstić information content (AvgIpc) is 3.53. The number of carbonyl (C=O) groups excluding carboxylic acids is 2. The van der Waals surface area contributed by atoms with Crippen LogP contribution in [0.25, 0.3) is 20.9 Å². The minimum Gasteiger partial charge on any atom is -0.458 e. The summed E-state index contributed by atoms with van der Waals surface area (Å²) in [5.41, 5.74) is 2.23. The molecule has 0 aliphatic rings. The molecule has 0 spiro atoms. The number of amides is 4. The Kier molecular flexibility index (Phi) is 12.2. The monoisotopic (exact) mass is 627 g/mol. The standard InChI is InChI=1S/C31H42FN7O4S/c1-18(2)24(37-30(40)35-19(3)4)14-23(32)21(7)43-26-10-11-33-25-15-27(44-28(25)26)29-34-16-22(38(29)8)17-39(12-13-42-9)31(41)36-20(5)6/h10-11,15-16,19-20H,1,12-14,17H2,2-9H3,(H,35,40)(H,36,41). The number of hydrogen-bond donors (Lipinski definition) is 2. The molecule has 0 atom stereocenters. The van der Waals surface area contributed by atoms with Crippen LogP contribution in [0.15, 0.2) is 53.3 Å². The third-order valence-electron chi connectivity index (χ3n) is 6.41. The maximum absolute atomic E-state index is 15.3. The summed E-state index contributed by atoms with van der Waals surface area (Å²) in [4.78, 5) is 40.5. The van der Waals surface area contributed by atoms with E-state index in [2.05, 4.69) is 32.2 Å². The van der Waals surface area contributed by atoms with Gasteiger partial charge in [-0.15, -0.1) is 11.3 Å². The van der Waals surface area contributed by atoms with Crippen LogP contribution in [0.4, 0.5) is 14.0 Å². The highest BCUT2D eigenvalue weighted by atomic mass is 32.1. The zero-order valence-corrected chi connectivity index (χ0v) is 27.5. The maximum Gasteiger partial charge on any atom is 0.341 e. The van der Waals surface area contributed by atoms with E-state index in [-0.39, 0.29) is 36.0 Å². The van der Waals surface area contributed by atoms with Crippen molar-refractivity contribution in [3.05, 3.63) is 54.0 Å². The third kappa shape index (κ3) is 9.20. The molecular formula is C31H42FN7O4S. The van der Waals surface area contributed by atoms with Crippen LogP contribution in [0.3, 0.4) is 0 Å². The number of aromatic nitrogens is 3. The van der Waals surface area contributed by atoms with Crippen molar-refractivity contribution in [2.75, 3.05) is 20.3 Å². The Balaban J connectivity index is 1.86. The van der Waals surface area contributed by atoms with E-state index in [1.165, 1.54) is 18.3 Å². The van der Waals surface area contributed by atoms with Gasteiger partial charge in [-0.1, -0.05) is 6.58 Å². The number of carbonyl (C=O) groups is 2. The summed E-state index contributed by atoms with van der Waals surface area (Å²) >= 11 is 1.42. The van der Waals surface area contributed by atoms with E-state index in [1.807, 2.05) is 45.4 Å². The van der Waals surface area contributed by atoms with Crippen molar-refractivity contribution in [1.82, 2.24) is 30.1 Å². The van der Waals surface area contributed by atoms with E-state index in [0.29, 0.717) is 42.4 Å². The Bertz CT molecular complexity index is 1560. The number of methoxy groups -OCH3 is 1. The van der Waals surface area contributed by atoms with Gasteiger partial charge in [-0.05, 0) is 53.2 Å². The van der Waals surface area contributed by atoms with Crippen LogP contribution < -0.4 is 15.4 Å². The van der Waals surface area contributed by atoms with Gasteiger partial charge in [0.05, 0.1) is 45.8 Å². The topological polar surface area (TPSA) is 123 Å². The summed E-state index contributed by atoms with van der Waals surface area (Å²) in [6.45, 7) is 15.7. The van der Waals surface area contributed by atoms with Crippen molar-refractivity contribution >= 4 is 39.3 Å². The summed E-state index contributed by atoms with van der Waals surface area (Å²) in [6.07, 6.45) is 3.11. The molecule has 0 saturated heterocycles. The first-order valence-electron chi connectivity index (χ1n) is 14.3. The molecule has 4 amide bonds. The number of thiophene rings is 1. The van der Waals surface area contributed by atoms with E-state index in [0.717, 1.165) is 15.3 Å². The summed E-state index contributed by atoms with van der Waals surface area (Å²) in [6, 6.07) is 2.75. The number of urea groups is 2. The van der Waals surface area contributed by atoms with Gasteiger partial charge in [-0.25, -0.2) is 19.0 Å². The molecule has 0 aliphatic carbocycles. The number of halogens is 1. The third-order valence-corrected chi connectivity index (χ3v) is 7.54. The van der Waals surface area contributed by atoms with Crippen molar-refractivity contribution < 1.29 is 23.5 Å². The van der Waals surface area contributed by atoms with Crippen molar-refractivity contribution in [3.8, 4) is 16.5 Å². The second-order valence-corrected chi connectivity index (χ2v) is 12.0. The number of nitrogens with one attached hydrogen (secondary N) is 2. The quantitative estimate of drug-likeness (QED) is 0.168. The van der Waals surface area contributed by atoms with Crippen molar-refractivity contribution in [2.45, 2.75) is 66.6 Å². The molecule has 3 heterocycles. The second-order valence-electron chi connectivity index (χ2n) is 11.0. The van der Waals surface area contributed by atoms with Crippen molar-refractivity contribution in [3.63, 3.8) is 0 Å². The molecule has 3 aromatic rings. The van der Waals surface area contributed by atoms with Gasteiger partial charge < -0.3 is 29.6 Å². The molecule has 0 unspecified atom stereocenters. The second kappa shape index (κ2) is 15.6. The van der Waals surface area contributed by atoms with Gasteiger partial charge in [0.2, 0.25) is 0 Å². The Morgan fingerprint density at radius 1 is 1.18 bits per heavy atom. The highest BCUT2D eigenvalue weighted by molar-refractivity contribution is 7.22. The van der Waals surface area contributed by atoms with Gasteiger partial charge in [0, 0.05) is 51.5 Å². The van der Waals surface area contributed by atoms with Crippen molar-refractivity contribution in [2.24, 2.45) is 12.0 Å². The van der Waals surface area contributed by atoms with Gasteiger partial charge >= 0.3 is 12.1 Å². The van der Waals surface area contributed by atoms with Crippen LogP contribution in [0.2, 0.25) is 0 Å². The number of ether oxygens (including phenoxy) is 2. The van der Waals surface area contributed by atoms with Crippen LogP contribution in [0.5, 0.6) is 5.75 Å². The molecule has 0 aromatic carbocycles. The molecule has 0 radical (unpaired) electrons. The van der Waals surface area contributed by atoms with Gasteiger partial charge in [0.25, 0.3) is 0 Å². The lowest BCUT2D eigenvalue weighted by Crippen LogP contribution is -2.44. The number of hydrogen-bond acceptors (Lipinski definition) is 7. The van der Waals surface area contributed by atoms with E-state index in [4.69, 9.17) is 9.47 Å². The zero-order valence-electron chi connectivity index (χ0n) is 26.7. The predicted octanol–water partition coefficient (Wildman–Crippen LogP) is 6.37. The number of nitrogens with zero attached hydrogens (tertiary/aromatic N) is 5. The Hall–Kier alpha value is -4.10. The number of fused-ring (bicyclic) bond motifs is 1. The van der Waals surface area contributed by atoms with E-state index >= 15 is 4.39 Å². The van der Waals surface area contributed by atoms with Crippen LogP contribution in [-0.4, -0.2) is 69.6 Å². The Morgan fingerprint density at radius 3 is 2.52 bits per heavy atom. The van der Waals surface area contributed by atoms with E-state index < -0.39 is 11.9 Å². The molecule has 2 N–H and O–H groups in total. The molecular weight excluding hydrogens is 585 g/mol. The molecule has 13 heteroatoms. The molecule has 11 nitrogen and oxygen atoms in total. The van der Waals surface area contributed by atoms with Gasteiger partial charge in [-0.3, -0.25) is 4.98 Å². The Labute approximate surface area is 261 Å². The smallest absolute Gasteiger partial charge is 0.341 e. The largest absolute Gasteiger partial charge is 0.458 e. The molecule has 0 bridgehead atoms. The van der Waals surface area contributed by atoms with Gasteiger partial charge in [-0.2, -0.15) is 4.99 Å². The SMILES string of the molecule is C=C(C)C(CC(F)=C(C)Oc1ccnc2cc(-c3ncc(CN(CCOC)C(=O)NC(C)C)n3C)sc12)=NC(=O)NC(C)C. The molecule has 44 heavy (non-hydrogen) atoms. The lowest BCUT2D eigenvalue weighted by molar-refractivity contribution is 0.144.